The topological polar surface area (TPSA) is 159 Å². The summed E-state index contributed by atoms with van der Waals surface area (Å²) in [4.78, 5) is 54.7. The molecule has 0 unspecified atom stereocenters. The van der Waals surface area contributed by atoms with Crippen LogP contribution in [0.5, 0.6) is 0 Å². The molecule has 1 aromatic heterocycles. The van der Waals surface area contributed by atoms with E-state index in [-0.39, 0.29) is 45.0 Å². The number of aliphatic hydroxyl groups is 1. The van der Waals surface area contributed by atoms with Crippen molar-refractivity contribution in [1.82, 2.24) is 20.9 Å². The van der Waals surface area contributed by atoms with E-state index in [9.17, 15) is 24.3 Å². The molecule has 5 N–H and O–H groups in total. The smallest absolute Gasteiger partial charge is 0.408 e. The van der Waals surface area contributed by atoms with Crippen molar-refractivity contribution in [2.75, 3.05) is 13.2 Å². The van der Waals surface area contributed by atoms with Gasteiger partial charge in [0.15, 0.2) is 0 Å². The number of alkyl carbamates (subject to hydrolysis) is 1. The lowest BCUT2D eigenvalue weighted by Crippen LogP contribution is -2.47. The average molecular weight is 619 g/mol. The Labute approximate surface area is 263 Å². The van der Waals surface area contributed by atoms with Crippen molar-refractivity contribution in [3.8, 4) is 0 Å². The fourth-order valence-electron chi connectivity index (χ4n) is 4.70. The van der Waals surface area contributed by atoms with Crippen molar-refractivity contribution >= 4 is 34.8 Å². The summed E-state index contributed by atoms with van der Waals surface area (Å²) in [7, 11) is 0. The third-order valence-electron chi connectivity index (χ3n) is 7.04. The van der Waals surface area contributed by atoms with Gasteiger partial charge >= 0.3 is 12.1 Å². The van der Waals surface area contributed by atoms with Crippen LogP contribution in [0.4, 0.5) is 4.79 Å². The molecule has 0 saturated heterocycles. The van der Waals surface area contributed by atoms with Crippen LogP contribution in [0.1, 0.15) is 37.3 Å². The summed E-state index contributed by atoms with van der Waals surface area (Å²) in [5, 5.41) is 18.3. The zero-order chi connectivity index (χ0) is 32.6. The van der Waals surface area contributed by atoms with Gasteiger partial charge in [-0.2, -0.15) is 0 Å². The summed E-state index contributed by atoms with van der Waals surface area (Å²) < 4.78 is 10.9. The van der Waals surface area contributed by atoms with Crippen molar-refractivity contribution in [2.24, 2.45) is 5.92 Å². The lowest BCUT2D eigenvalue weighted by Gasteiger charge is -2.24. The predicted molar refractivity (Wildman–Crippen MR) is 171 cm³/mol. The molecule has 4 atom stereocenters. The maximum Gasteiger partial charge on any atom is 0.408 e. The second-order valence-electron chi connectivity index (χ2n) is 10.8. The first kappa shape index (κ1) is 34.6. The Kier molecular flexibility index (Phi) is 13.9. The monoisotopic (exact) mass is 618 g/mol. The van der Waals surface area contributed by atoms with Gasteiger partial charge in [0.1, 0.15) is 19.3 Å². The van der Waals surface area contributed by atoms with Gasteiger partial charge in [-0.25, -0.2) is 9.59 Å². The Bertz CT molecular complexity index is 1440. The van der Waals surface area contributed by atoms with E-state index in [1.807, 2.05) is 60.8 Å². The molecule has 0 aliphatic heterocycles. The number of esters is 1. The minimum absolute atomic E-state index is 0.0318. The van der Waals surface area contributed by atoms with Crippen LogP contribution < -0.4 is 16.0 Å². The molecule has 3 aromatic rings. The van der Waals surface area contributed by atoms with E-state index < -0.39 is 42.0 Å². The Morgan fingerprint density at radius 3 is 2.36 bits per heavy atom. The number of fused-ring (bicyclic) bond motifs is 1. The maximum absolute atomic E-state index is 13.4. The molecule has 0 aliphatic rings. The van der Waals surface area contributed by atoms with Crippen molar-refractivity contribution < 1.29 is 33.8 Å². The first-order valence-corrected chi connectivity index (χ1v) is 14.8. The minimum atomic E-state index is -1.05. The molecule has 0 fully saturated rings. The molecular weight excluding hydrogens is 576 g/mol. The van der Waals surface area contributed by atoms with Gasteiger partial charge < -0.3 is 35.5 Å². The number of carbonyl (C=O) groups is 4. The number of aromatic amines is 1. The number of para-hydroxylation sites is 1. The third kappa shape index (κ3) is 11.3. The van der Waals surface area contributed by atoms with Crippen LogP contribution in [0.2, 0.25) is 0 Å². The van der Waals surface area contributed by atoms with E-state index in [0.29, 0.717) is 6.42 Å². The molecule has 0 bridgehead atoms. The molecular formula is C34H42N4O7. The number of carbonyl (C=O) groups excluding carboxylic acids is 4. The highest BCUT2D eigenvalue weighted by molar-refractivity contribution is 5.87. The lowest BCUT2D eigenvalue weighted by atomic mass is 9.98. The van der Waals surface area contributed by atoms with E-state index in [1.165, 1.54) is 6.08 Å². The molecule has 0 radical (unpaired) electrons. The number of aliphatic hydroxyl groups excluding tert-OH is 1. The van der Waals surface area contributed by atoms with Crippen LogP contribution in [0.3, 0.4) is 0 Å². The van der Waals surface area contributed by atoms with Gasteiger partial charge in [-0.05, 0) is 43.4 Å². The number of allylic oxidation sites excluding steroid dienone is 1. The SMILES string of the molecule is C=CC[C@@H](CC(=O)N[C@@H](C)CO)C(=O)N[C@H](COC(=O)[C@@H](CC=C)NC(=O)OCc1ccccc1)Cc1c[nH]c2ccccc12. The fraction of sp³-hybridized carbons (Fsp3) is 0.353. The molecule has 11 heteroatoms. The number of H-pyrrole nitrogens is 1. The van der Waals surface area contributed by atoms with E-state index in [4.69, 9.17) is 9.47 Å². The second-order valence-corrected chi connectivity index (χ2v) is 10.8. The van der Waals surface area contributed by atoms with Gasteiger partial charge in [0.25, 0.3) is 0 Å². The Hall–Kier alpha value is -4.90. The largest absolute Gasteiger partial charge is 0.462 e. The number of amides is 3. The van der Waals surface area contributed by atoms with Gasteiger partial charge in [0.05, 0.1) is 18.6 Å². The van der Waals surface area contributed by atoms with Crippen molar-refractivity contribution in [1.29, 1.82) is 0 Å². The van der Waals surface area contributed by atoms with Crippen molar-refractivity contribution in [2.45, 2.75) is 57.3 Å². The Morgan fingerprint density at radius 2 is 1.64 bits per heavy atom. The number of nitrogens with one attached hydrogen (secondary N) is 4. The first-order valence-electron chi connectivity index (χ1n) is 14.8. The van der Waals surface area contributed by atoms with E-state index in [1.54, 1.807) is 13.0 Å². The second kappa shape index (κ2) is 18.0. The summed E-state index contributed by atoms with van der Waals surface area (Å²) in [6.07, 6.45) is 4.63. The molecule has 240 valence electrons. The van der Waals surface area contributed by atoms with Gasteiger partial charge in [-0.3, -0.25) is 9.59 Å². The van der Waals surface area contributed by atoms with E-state index >= 15 is 0 Å². The van der Waals surface area contributed by atoms with Crippen molar-refractivity contribution in [3.05, 3.63) is 97.2 Å². The van der Waals surface area contributed by atoms with Crippen molar-refractivity contribution in [3.63, 3.8) is 0 Å². The highest BCUT2D eigenvalue weighted by Crippen LogP contribution is 2.20. The quantitative estimate of drug-likeness (QED) is 0.107. The highest BCUT2D eigenvalue weighted by Gasteiger charge is 2.27. The van der Waals surface area contributed by atoms with Crippen LogP contribution in [-0.2, 0) is 36.9 Å². The molecule has 0 saturated carbocycles. The minimum Gasteiger partial charge on any atom is -0.462 e. The number of ether oxygens (including phenoxy) is 2. The summed E-state index contributed by atoms with van der Waals surface area (Å²) in [6.45, 7) is 8.64. The summed E-state index contributed by atoms with van der Waals surface area (Å²) in [6, 6.07) is 14.6. The molecule has 0 aliphatic carbocycles. The molecule has 11 nitrogen and oxygen atoms in total. The first-order chi connectivity index (χ1) is 21.7. The zero-order valence-electron chi connectivity index (χ0n) is 25.5. The molecule has 0 spiro atoms. The maximum atomic E-state index is 13.4. The number of hydrogen-bond donors (Lipinski definition) is 5. The van der Waals surface area contributed by atoms with Gasteiger partial charge in [0, 0.05) is 29.6 Å². The number of rotatable bonds is 18. The van der Waals surface area contributed by atoms with Gasteiger partial charge in [0.2, 0.25) is 11.8 Å². The summed E-state index contributed by atoms with van der Waals surface area (Å²) >= 11 is 0. The molecule has 1 heterocycles. The normalized spacial score (nSPS) is 13.5. The lowest BCUT2D eigenvalue weighted by molar-refractivity contribution is -0.147. The predicted octanol–water partition coefficient (Wildman–Crippen LogP) is 3.69. The van der Waals surface area contributed by atoms with E-state index in [2.05, 4.69) is 34.1 Å². The number of hydrogen-bond acceptors (Lipinski definition) is 7. The van der Waals surface area contributed by atoms with Crippen LogP contribution in [0.15, 0.2) is 86.1 Å². The van der Waals surface area contributed by atoms with E-state index in [0.717, 1.165) is 22.0 Å². The Morgan fingerprint density at radius 1 is 0.933 bits per heavy atom. The summed E-state index contributed by atoms with van der Waals surface area (Å²) in [5.41, 5.74) is 2.60. The number of aromatic nitrogens is 1. The molecule has 3 amide bonds. The molecule has 3 rings (SSSR count). The highest BCUT2D eigenvalue weighted by atomic mass is 16.6. The fourth-order valence-corrected chi connectivity index (χ4v) is 4.70. The van der Waals surface area contributed by atoms with Crippen LogP contribution in [-0.4, -0.2) is 65.3 Å². The standard InChI is InChI=1S/C34H42N4O7/c1-4-11-25(18-31(40)36-23(3)20-39)32(41)37-27(17-26-19-35-29-16-10-9-15-28(26)29)22-44-33(42)30(12-5-2)38-34(43)45-21-24-13-7-6-8-14-24/h4-10,13-16,19,23,25,27,30,35,39H,1-2,11-12,17-18,20-22H2,3H3,(H,36,40)(H,37,41)(H,38,43)/t23-,25-,27-,30+/m0/s1. The van der Waals surface area contributed by atoms with Crippen LogP contribution in [0.25, 0.3) is 10.9 Å². The van der Waals surface area contributed by atoms with Gasteiger partial charge in [-0.1, -0.05) is 60.7 Å². The zero-order valence-corrected chi connectivity index (χ0v) is 25.5. The average Bonchev–Trinajstić information content (AvgIpc) is 3.45. The molecule has 2 aromatic carbocycles. The third-order valence-corrected chi connectivity index (χ3v) is 7.04. The summed E-state index contributed by atoms with van der Waals surface area (Å²) in [5.74, 6) is -2.24. The van der Waals surface area contributed by atoms with Gasteiger partial charge in [-0.15, -0.1) is 13.2 Å². The van der Waals surface area contributed by atoms with Crippen LogP contribution in [0, 0.1) is 5.92 Å². The number of benzene rings is 2. The Balaban J connectivity index is 1.70. The van der Waals surface area contributed by atoms with Crippen LogP contribution >= 0.6 is 0 Å². The molecule has 45 heavy (non-hydrogen) atoms.